The van der Waals surface area contributed by atoms with E-state index in [2.05, 4.69) is 64.3 Å². The lowest BCUT2D eigenvalue weighted by Gasteiger charge is -2.09. The summed E-state index contributed by atoms with van der Waals surface area (Å²) in [5, 5.41) is 20.6. The minimum absolute atomic E-state index is 0.0543. The van der Waals surface area contributed by atoms with Crippen LogP contribution in [0.3, 0.4) is 0 Å². The summed E-state index contributed by atoms with van der Waals surface area (Å²) in [7, 11) is 0. The molecule has 0 unspecified atom stereocenters. The second kappa shape index (κ2) is 11.2. The average Bonchev–Trinajstić information content (AvgIpc) is 3.59. The van der Waals surface area contributed by atoms with E-state index in [1.54, 1.807) is 12.1 Å². The number of anilines is 2. The van der Waals surface area contributed by atoms with Gasteiger partial charge in [0, 0.05) is 21.8 Å². The van der Waals surface area contributed by atoms with Crippen LogP contribution in [0.5, 0.6) is 0 Å². The van der Waals surface area contributed by atoms with Crippen LogP contribution in [-0.2, 0) is 11.2 Å². The second-order valence-electron chi connectivity index (χ2n) is 8.59. The lowest BCUT2D eigenvalue weighted by atomic mass is 10.1. The normalized spacial score (nSPS) is 10.9. The third kappa shape index (κ3) is 5.92. The molecule has 186 valence electrons. The molecule has 5 aromatic rings. The van der Waals surface area contributed by atoms with Crippen LogP contribution in [0.4, 0.5) is 11.4 Å². The molecule has 0 aliphatic rings. The fraction of sp³-hybridized carbons (Fsp3) is 0.148. The summed E-state index contributed by atoms with van der Waals surface area (Å²) >= 11 is 3.44. The van der Waals surface area contributed by atoms with Crippen molar-refractivity contribution in [1.82, 2.24) is 25.6 Å². The minimum atomic E-state index is -0.328. The number of hydrogen-bond donors (Lipinski definition) is 4. The van der Waals surface area contributed by atoms with Gasteiger partial charge in [0.05, 0.1) is 16.9 Å². The van der Waals surface area contributed by atoms with Crippen molar-refractivity contribution < 1.29 is 9.59 Å². The van der Waals surface area contributed by atoms with Crippen LogP contribution in [0, 0.1) is 0 Å². The van der Waals surface area contributed by atoms with Crippen LogP contribution >= 0.6 is 15.9 Å². The van der Waals surface area contributed by atoms with Gasteiger partial charge in [0.1, 0.15) is 5.69 Å². The van der Waals surface area contributed by atoms with Gasteiger partial charge >= 0.3 is 0 Å². The molecule has 0 atom stereocenters. The van der Waals surface area contributed by atoms with E-state index >= 15 is 0 Å². The Morgan fingerprint density at radius 1 is 0.892 bits per heavy atom. The maximum atomic E-state index is 13.1. The van der Waals surface area contributed by atoms with Crippen molar-refractivity contribution >= 4 is 50.0 Å². The zero-order chi connectivity index (χ0) is 25.6. The number of tetrazole rings is 1. The molecule has 9 nitrogen and oxygen atoms in total. The van der Waals surface area contributed by atoms with Crippen LogP contribution in [0.15, 0.2) is 77.3 Å². The summed E-state index contributed by atoms with van der Waals surface area (Å²) in [6.07, 6.45) is 3.12. The number of rotatable bonds is 9. The number of aryl methyl sites for hydroxylation is 1. The number of nitrogens with zero attached hydrogens (tertiary/aromatic N) is 3. The predicted octanol–water partition coefficient (Wildman–Crippen LogP) is 5.71. The van der Waals surface area contributed by atoms with E-state index in [-0.39, 0.29) is 11.8 Å². The highest BCUT2D eigenvalue weighted by Crippen LogP contribution is 2.29. The van der Waals surface area contributed by atoms with Crippen LogP contribution in [0.2, 0.25) is 0 Å². The molecule has 0 aliphatic heterocycles. The Labute approximate surface area is 221 Å². The summed E-state index contributed by atoms with van der Waals surface area (Å²) in [5.74, 6) is 0.0498. The Morgan fingerprint density at radius 2 is 1.76 bits per heavy atom. The number of carbonyl (C=O) groups is 2. The summed E-state index contributed by atoms with van der Waals surface area (Å²) in [5.41, 5.74) is 4.17. The van der Waals surface area contributed by atoms with E-state index < -0.39 is 0 Å². The number of para-hydroxylation sites is 1. The van der Waals surface area contributed by atoms with Gasteiger partial charge in [-0.3, -0.25) is 9.59 Å². The molecule has 0 spiro atoms. The van der Waals surface area contributed by atoms with E-state index in [4.69, 9.17) is 0 Å². The number of aromatic nitrogens is 5. The maximum Gasteiger partial charge on any atom is 0.272 e. The third-order valence-corrected chi connectivity index (χ3v) is 6.46. The van der Waals surface area contributed by atoms with Gasteiger partial charge in [-0.15, -0.1) is 5.10 Å². The zero-order valence-electron chi connectivity index (χ0n) is 19.8. The summed E-state index contributed by atoms with van der Waals surface area (Å²) in [4.78, 5) is 28.9. The Morgan fingerprint density at radius 3 is 2.57 bits per heavy atom. The molecule has 5 rings (SSSR count). The molecule has 2 aromatic heterocycles. The van der Waals surface area contributed by atoms with E-state index in [1.807, 2.05) is 48.5 Å². The molecule has 0 aliphatic carbocycles. The maximum absolute atomic E-state index is 13.1. The molecule has 10 heteroatoms. The number of hydrogen-bond acceptors (Lipinski definition) is 5. The molecular weight excluding hydrogens is 534 g/mol. The van der Waals surface area contributed by atoms with Crippen LogP contribution in [0.1, 0.15) is 35.3 Å². The van der Waals surface area contributed by atoms with Gasteiger partial charge in [-0.1, -0.05) is 58.4 Å². The van der Waals surface area contributed by atoms with E-state index in [0.717, 1.165) is 29.1 Å². The Kier molecular flexibility index (Phi) is 7.36. The van der Waals surface area contributed by atoms with Crippen molar-refractivity contribution in [2.45, 2.75) is 25.7 Å². The first-order chi connectivity index (χ1) is 18.1. The zero-order valence-corrected chi connectivity index (χ0v) is 21.4. The number of amides is 2. The molecule has 0 fully saturated rings. The largest absolute Gasteiger partial charge is 0.349 e. The lowest BCUT2D eigenvalue weighted by molar-refractivity contribution is -0.116. The lowest BCUT2D eigenvalue weighted by Crippen LogP contribution is -2.13. The first-order valence-electron chi connectivity index (χ1n) is 11.9. The first kappa shape index (κ1) is 24.4. The van der Waals surface area contributed by atoms with Crippen LogP contribution < -0.4 is 10.6 Å². The van der Waals surface area contributed by atoms with Crippen molar-refractivity contribution in [3.05, 3.63) is 88.5 Å². The standard InChI is InChI=1S/C27H24BrN7O2/c28-19-13-14-21(20(16-19)26-32-34-35-33-26)31-27(37)23-15-18-10-6-11-22(25(18)30-23)29-24(36)12-5-4-9-17-7-2-1-3-8-17/h1-3,6-8,10-11,13-16,30H,4-5,9,12H2,(H,29,36)(H,31,37)(H,32,33,34,35). The fourth-order valence-corrected chi connectivity index (χ4v) is 4.50. The predicted molar refractivity (Wildman–Crippen MR) is 146 cm³/mol. The number of unbranched alkanes of at least 4 members (excludes halogenated alkanes) is 1. The van der Waals surface area contributed by atoms with E-state index in [9.17, 15) is 9.59 Å². The molecular formula is C27H24BrN7O2. The fourth-order valence-electron chi connectivity index (χ4n) is 4.14. The van der Waals surface area contributed by atoms with Crippen molar-refractivity contribution in [1.29, 1.82) is 0 Å². The quantitative estimate of drug-likeness (QED) is 0.172. The van der Waals surface area contributed by atoms with E-state index in [1.165, 1.54) is 5.56 Å². The smallest absolute Gasteiger partial charge is 0.272 e. The number of carbonyl (C=O) groups excluding carboxylic acids is 2. The van der Waals surface area contributed by atoms with Crippen molar-refractivity contribution in [2.24, 2.45) is 0 Å². The average molecular weight is 558 g/mol. The second-order valence-corrected chi connectivity index (χ2v) is 9.50. The highest BCUT2D eigenvalue weighted by Gasteiger charge is 2.16. The summed E-state index contributed by atoms with van der Waals surface area (Å²) < 4.78 is 0.822. The van der Waals surface area contributed by atoms with Gasteiger partial charge in [0.15, 0.2) is 5.82 Å². The number of fused-ring (bicyclic) bond motifs is 1. The number of halogens is 1. The van der Waals surface area contributed by atoms with Gasteiger partial charge < -0.3 is 15.6 Å². The van der Waals surface area contributed by atoms with Crippen molar-refractivity contribution in [3.8, 4) is 11.4 Å². The minimum Gasteiger partial charge on any atom is -0.349 e. The Balaban J connectivity index is 1.25. The third-order valence-electron chi connectivity index (χ3n) is 5.97. The molecule has 0 bridgehead atoms. The molecule has 3 aromatic carbocycles. The molecule has 2 heterocycles. The molecule has 0 saturated carbocycles. The van der Waals surface area contributed by atoms with Crippen molar-refractivity contribution in [3.63, 3.8) is 0 Å². The molecule has 4 N–H and O–H groups in total. The topological polar surface area (TPSA) is 128 Å². The van der Waals surface area contributed by atoms with Gasteiger partial charge in [0.2, 0.25) is 5.91 Å². The Bertz CT molecular complexity index is 1530. The Hall–Kier alpha value is -4.31. The number of H-pyrrole nitrogens is 2. The SMILES string of the molecule is O=C(CCCCc1ccccc1)Nc1cccc2cc(C(=O)Nc3ccc(Br)cc3-c3nnn[nH]3)[nH]c12. The van der Waals surface area contributed by atoms with E-state index in [0.29, 0.717) is 40.4 Å². The number of benzene rings is 3. The highest BCUT2D eigenvalue weighted by molar-refractivity contribution is 9.10. The number of nitrogens with one attached hydrogen (secondary N) is 4. The highest BCUT2D eigenvalue weighted by atomic mass is 79.9. The summed E-state index contributed by atoms with van der Waals surface area (Å²) in [6.45, 7) is 0. The molecule has 0 radical (unpaired) electrons. The monoisotopic (exact) mass is 557 g/mol. The van der Waals surface area contributed by atoms with Crippen molar-refractivity contribution in [2.75, 3.05) is 10.6 Å². The first-order valence-corrected chi connectivity index (χ1v) is 12.7. The van der Waals surface area contributed by atoms with Gasteiger partial charge in [-0.05, 0) is 65.6 Å². The van der Waals surface area contributed by atoms with Crippen LogP contribution in [0.25, 0.3) is 22.3 Å². The number of aromatic amines is 2. The van der Waals surface area contributed by atoms with Gasteiger partial charge in [0.25, 0.3) is 5.91 Å². The molecule has 37 heavy (non-hydrogen) atoms. The molecule has 2 amide bonds. The van der Waals surface area contributed by atoms with Gasteiger partial charge in [-0.25, -0.2) is 5.10 Å². The van der Waals surface area contributed by atoms with Crippen LogP contribution in [-0.4, -0.2) is 37.4 Å². The van der Waals surface area contributed by atoms with Gasteiger partial charge in [-0.2, -0.15) is 0 Å². The summed E-state index contributed by atoms with van der Waals surface area (Å²) in [6, 6.07) is 23.0. The molecule has 0 saturated heterocycles.